The molecule has 0 spiro atoms. The van der Waals surface area contributed by atoms with E-state index in [0.29, 0.717) is 13.1 Å². The average Bonchev–Trinajstić information content (AvgIpc) is 3.00. The molecule has 1 saturated heterocycles. The van der Waals surface area contributed by atoms with Crippen molar-refractivity contribution < 1.29 is 24.2 Å². The molecule has 8 heteroatoms. The predicted molar refractivity (Wildman–Crippen MR) is 132 cm³/mol. The minimum absolute atomic E-state index is 0.0531. The number of thioether (sulfide) groups is 1. The van der Waals surface area contributed by atoms with Crippen molar-refractivity contribution in [2.24, 2.45) is 0 Å². The van der Waals surface area contributed by atoms with Crippen LogP contribution in [0.4, 0.5) is 4.79 Å². The van der Waals surface area contributed by atoms with Crippen molar-refractivity contribution >= 4 is 29.7 Å². The Labute approximate surface area is 203 Å². The van der Waals surface area contributed by atoms with Gasteiger partial charge in [-0.25, -0.2) is 4.79 Å². The van der Waals surface area contributed by atoms with E-state index in [-0.39, 0.29) is 23.2 Å². The van der Waals surface area contributed by atoms with Crippen LogP contribution in [0.1, 0.15) is 43.7 Å². The molecule has 1 atom stereocenters. The van der Waals surface area contributed by atoms with Crippen LogP contribution < -0.4 is 5.32 Å². The van der Waals surface area contributed by atoms with Crippen molar-refractivity contribution in [3.05, 3.63) is 59.7 Å². The molecule has 34 heavy (non-hydrogen) atoms. The normalized spacial score (nSPS) is 17.8. The maximum absolute atomic E-state index is 13.1. The Kier molecular flexibility index (Phi) is 7.16. The highest BCUT2D eigenvalue weighted by atomic mass is 32.2. The van der Waals surface area contributed by atoms with Crippen LogP contribution in [0.25, 0.3) is 11.1 Å². The molecule has 2 aliphatic rings. The van der Waals surface area contributed by atoms with E-state index in [0.717, 1.165) is 34.4 Å². The van der Waals surface area contributed by atoms with Gasteiger partial charge in [0.1, 0.15) is 12.6 Å². The van der Waals surface area contributed by atoms with Crippen LogP contribution in [-0.4, -0.2) is 64.2 Å². The number of carboxylic acid groups (broad SMARTS) is 1. The summed E-state index contributed by atoms with van der Waals surface area (Å²) in [6, 6.07) is 14.9. The standard InChI is InChI=1S/C26H30N2O5S/c1-26(2)11-12-28(13-14-34-26)24(31)22(15-23(29)30)27-25(32)33-16-21-19-9-5-3-7-17(19)18-8-4-6-10-20(18)21/h3-10,21-22H,11-16H2,1-2H3,(H,27,32)(H,29,30). The summed E-state index contributed by atoms with van der Waals surface area (Å²) in [5.74, 6) is -0.878. The van der Waals surface area contributed by atoms with Crippen LogP contribution in [0.2, 0.25) is 0 Å². The first kappa shape index (κ1) is 24.1. The lowest BCUT2D eigenvalue weighted by molar-refractivity contribution is -0.142. The van der Waals surface area contributed by atoms with Gasteiger partial charge < -0.3 is 20.1 Å². The lowest BCUT2D eigenvalue weighted by atomic mass is 9.98. The molecule has 0 aromatic heterocycles. The van der Waals surface area contributed by atoms with E-state index in [2.05, 4.69) is 31.3 Å². The molecule has 2 amide bonds. The first-order chi connectivity index (χ1) is 16.2. The Bertz CT molecular complexity index is 1040. The lowest BCUT2D eigenvalue weighted by Crippen LogP contribution is -2.50. The molecule has 0 radical (unpaired) electrons. The number of amides is 2. The van der Waals surface area contributed by atoms with E-state index in [1.807, 2.05) is 36.4 Å². The number of nitrogens with zero attached hydrogens (tertiary/aromatic N) is 1. The van der Waals surface area contributed by atoms with Gasteiger partial charge in [-0.3, -0.25) is 9.59 Å². The van der Waals surface area contributed by atoms with Gasteiger partial charge in [-0.05, 0) is 28.7 Å². The van der Waals surface area contributed by atoms with Gasteiger partial charge in [0.05, 0.1) is 6.42 Å². The van der Waals surface area contributed by atoms with Crippen LogP contribution in [0.5, 0.6) is 0 Å². The number of carbonyl (C=O) groups is 3. The number of carbonyl (C=O) groups excluding carboxylic acids is 2. The number of ether oxygens (including phenoxy) is 1. The number of benzene rings is 2. The fourth-order valence-corrected chi connectivity index (χ4v) is 5.72. The number of fused-ring (bicyclic) bond motifs is 3. The highest BCUT2D eigenvalue weighted by Gasteiger charge is 2.33. The topological polar surface area (TPSA) is 95.9 Å². The van der Waals surface area contributed by atoms with Crippen LogP contribution in [0.3, 0.4) is 0 Å². The van der Waals surface area contributed by atoms with Gasteiger partial charge >= 0.3 is 12.1 Å². The Hall–Kier alpha value is -3.00. The fraction of sp³-hybridized carbons (Fsp3) is 0.423. The number of hydrogen-bond acceptors (Lipinski definition) is 5. The van der Waals surface area contributed by atoms with Crippen LogP contribution >= 0.6 is 11.8 Å². The Morgan fingerprint density at radius 2 is 1.71 bits per heavy atom. The summed E-state index contributed by atoms with van der Waals surface area (Å²) in [6.45, 7) is 5.42. The maximum Gasteiger partial charge on any atom is 0.407 e. The van der Waals surface area contributed by atoms with Gasteiger partial charge in [-0.1, -0.05) is 62.4 Å². The molecule has 1 aliphatic carbocycles. The quantitative estimate of drug-likeness (QED) is 0.643. The first-order valence-corrected chi connectivity index (χ1v) is 12.5. The minimum atomic E-state index is -1.17. The van der Waals surface area contributed by atoms with Crippen molar-refractivity contribution in [1.82, 2.24) is 10.2 Å². The summed E-state index contributed by atoms with van der Waals surface area (Å²) >= 11 is 1.79. The van der Waals surface area contributed by atoms with Crippen molar-refractivity contribution in [2.75, 3.05) is 25.4 Å². The molecule has 180 valence electrons. The third kappa shape index (κ3) is 5.38. The SMILES string of the molecule is CC1(C)CCN(C(=O)C(CC(=O)O)NC(=O)OCC2c3ccccc3-c3ccccc32)CCS1. The molecule has 0 saturated carbocycles. The fourth-order valence-electron chi connectivity index (χ4n) is 4.62. The molecule has 1 aliphatic heterocycles. The maximum atomic E-state index is 13.1. The number of alkyl carbamates (subject to hydrolysis) is 1. The second kappa shape index (κ2) is 10.1. The largest absolute Gasteiger partial charge is 0.481 e. The van der Waals surface area contributed by atoms with Crippen molar-refractivity contribution in [3.8, 4) is 11.1 Å². The van der Waals surface area contributed by atoms with Gasteiger partial charge in [0.15, 0.2) is 0 Å². The van der Waals surface area contributed by atoms with E-state index in [9.17, 15) is 19.5 Å². The summed E-state index contributed by atoms with van der Waals surface area (Å²) in [4.78, 5) is 38.9. The highest BCUT2D eigenvalue weighted by Crippen LogP contribution is 2.44. The molecule has 1 unspecified atom stereocenters. The molecule has 0 bridgehead atoms. The van der Waals surface area contributed by atoms with Gasteiger partial charge in [-0.2, -0.15) is 11.8 Å². The van der Waals surface area contributed by atoms with Crippen LogP contribution in [0.15, 0.2) is 48.5 Å². The van der Waals surface area contributed by atoms with E-state index < -0.39 is 24.5 Å². The van der Waals surface area contributed by atoms with Gasteiger partial charge in [0.25, 0.3) is 0 Å². The zero-order valence-electron chi connectivity index (χ0n) is 19.5. The third-order valence-corrected chi connectivity index (χ3v) is 7.83. The summed E-state index contributed by atoms with van der Waals surface area (Å²) < 4.78 is 5.58. The summed E-state index contributed by atoms with van der Waals surface area (Å²) in [7, 11) is 0. The average molecular weight is 483 g/mol. The van der Waals surface area contributed by atoms with Crippen LogP contribution in [0, 0.1) is 0 Å². The lowest BCUT2D eigenvalue weighted by Gasteiger charge is -2.26. The van der Waals surface area contributed by atoms with E-state index in [1.165, 1.54) is 0 Å². The Morgan fingerprint density at radius 3 is 2.32 bits per heavy atom. The second-order valence-corrected chi connectivity index (χ2v) is 11.1. The molecule has 7 nitrogen and oxygen atoms in total. The predicted octanol–water partition coefficient (Wildman–Crippen LogP) is 4.11. The zero-order valence-corrected chi connectivity index (χ0v) is 20.3. The van der Waals surface area contributed by atoms with Gasteiger partial charge in [0.2, 0.25) is 5.91 Å². The highest BCUT2D eigenvalue weighted by molar-refractivity contribution is 8.00. The molecule has 2 N–H and O–H groups in total. The smallest absolute Gasteiger partial charge is 0.407 e. The molecular formula is C26H30N2O5S. The molecular weight excluding hydrogens is 452 g/mol. The molecule has 1 fully saturated rings. The number of hydrogen-bond donors (Lipinski definition) is 2. The number of carboxylic acids is 1. The summed E-state index contributed by atoms with van der Waals surface area (Å²) in [6.07, 6.45) is -0.476. The van der Waals surface area contributed by atoms with Gasteiger partial charge in [-0.15, -0.1) is 0 Å². The zero-order chi connectivity index (χ0) is 24.3. The van der Waals surface area contributed by atoms with Gasteiger partial charge in [0, 0.05) is 29.5 Å². The first-order valence-electron chi connectivity index (χ1n) is 11.5. The Balaban J connectivity index is 1.42. The summed E-state index contributed by atoms with van der Waals surface area (Å²) in [5, 5.41) is 11.9. The van der Waals surface area contributed by atoms with Crippen molar-refractivity contribution in [2.45, 2.75) is 43.4 Å². The number of nitrogens with one attached hydrogen (secondary N) is 1. The van der Waals surface area contributed by atoms with Crippen molar-refractivity contribution in [3.63, 3.8) is 0 Å². The minimum Gasteiger partial charge on any atom is -0.481 e. The van der Waals surface area contributed by atoms with Crippen LogP contribution in [-0.2, 0) is 14.3 Å². The molecule has 1 heterocycles. The van der Waals surface area contributed by atoms with E-state index in [1.54, 1.807) is 16.7 Å². The number of rotatable bonds is 6. The molecule has 4 rings (SSSR count). The molecule has 2 aromatic carbocycles. The van der Waals surface area contributed by atoms with Crippen molar-refractivity contribution in [1.29, 1.82) is 0 Å². The molecule has 2 aromatic rings. The Morgan fingerprint density at radius 1 is 1.09 bits per heavy atom. The second-order valence-electron chi connectivity index (χ2n) is 9.30. The van der Waals surface area contributed by atoms with E-state index >= 15 is 0 Å². The monoisotopic (exact) mass is 482 g/mol. The number of aliphatic carboxylic acids is 1. The third-order valence-electron chi connectivity index (χ3n) is 6.46. The summed E-state index contributed by atoms with van der Waals surface area (Å²) in [5.41, 5.74) is 4.40. The van der Waals surface area contributed by atoms with E-state index in [4.69, 9.17) is 4.74 Å².